The molecule has 17 heavy (non-hydrogen) atoms. The molecule has 1 unspecified atom stereocenters. The van der Waals surface area contributed by atoms with E-state index in [2.05, 4.69) is 22.5 Å². The summed E-state index contributed by atoms with van der Waals surface area (Å²) in [5, 5.41) is 11.5. The molecule has 1 atom stereocenters. The van der Waals surface area contributed by atoms with Crippen molar-refractivity contribution in [3.63, 3.8) is 0 Å². The number of pyridine rings is 1. The van der Waals surface area contributed by atoms with Gasteiger partial charge in [-0.2, -0.15) is 0 Å². The maximum absolute atomic E-state index is 11.1. The summed E-state index contributed by atoms with van der Waals surface area (Å²) in [6.45, 7) is 3.94. The van der Waals surface area contributed by atoms with Gasteiger partial charge in [0.2, 0.25) is 10.0 Å². The van der Waals surface area contributed by atoms with Crippen LogP contribution in [0.15, 0.2) is 23.2 Å². The van der Waals surface area contributed by atoms with Crippen LogP contribution in [0, 0.1) is 0 Å². The number of anilines is 1. The Kier molecular flexibility index (Phi) is 3.07. The normalized spacial score (nSPS) is 24.8. The van der Waals surface area contributed by atoms with Crippen LogP contribution in [0.25, 0.3) is 0 Å². The summed E-state index contributed by atoms with van der Waals surface area (Å²) in [5.74, 6) is 0.656. The third-order valence-corrected chi connectivity index (χ3v) is 3.76. The first-order valence-corrected chi connectivity index (χ1v) is 6.91. The van der Waals surface area contributed by atoms with Crippen molar-refractivity contribution in [2.45, 2.75) is 23.8 Å². The predicted molar refractivity (Wildman–Crippen MR) is 65.1 cm³/mol. The Bertz CT molecular complexity index is 492. The number of primary sulfonamides is 1. The molecule has 0 saturated carbocycles. The minimum Gasteiger partial charge on any atom is -0.364 e. The van der Waals surface area contributed by atoms with E-state index < -0.39 is 10.0 Å². The summed E-state index contributed by atoms with van der Waals surface area (Å²) in [6, 6.07) is 3.08. The zero-order valence-electron chi connectivity index (χ0n) is 9.60. The third kappa shape index (κ3) is 2.93. The van der Waals surface area contributed by atoms with Crippen LogP contribution in [0.4, 0.5) is 5.82 Å². The number of aromatic nitrogens is 1. The molecule has 0 amide bonds. The second-order valence-corrected chi connectivity index (χ2v) is 6.10. The van der Waals surface area contributed by atoms with Crippen molar-refractivity contribution < 1.29 is 8.42 Å². The Morgan fingerprint density at radius 1 is 1.53 bits per heavy atom. The van der Waals surface area contributed by atoms with Crippen LogP contribution in [0.1, 0.15) is 13.3 Å². The SMILES string of the molecule is CC1(Nc2ccc(S(N)(=O)=O)cn2)CCNC1. The summed E-state index contributed by atoms with van der Waals surface area (Å²) in [7, 11) is -3.66. The van der Waals surface area contributed by atoms with E-state index in [1.54, 1.807) is 6.07 Å². The topological polar surface area (TPSA) is 97.1 Å². The van der Waals surface area contributed by atoms with Crippen molar-refractivity contribution in [1.29, 1.82) is 0 Å². The molecule has 1 fully saturated rings. The quantitative estimate of drug-likeness (QED) is 0.701. The van der Waals surface area contributed by atoms with Gasteiger partial charge in [-0.05, 0) is 32.0 Å². The van der Waals surface area contributed by atoms with Gasteiger partial charge < -0.3 is 10.6 Å². The van der Waals surface area contributed by atoms with Gasteiger partial charge in [0.15, 0.2) is 0 Å². The van der Waals surface area contributed by atoms with Crippen LogP contribution in [-0.2, 0) is 10.0 Å². The summed E-state index contributed by atoms with van der Waals surface area (Å²) in [4.78, 5) is 4.08. The maximum Gasteiger partial charge on any atom is 0.239 e. The number of hydrogen-bond donors (Lipinski definition) is 3. The number of hydrogen-bond acceptors (Lipinski definition) is 5. The Balaban J connectivity index is 2.13. The molecule has 1 aromatic heterocycles. The molecular formula is C10H16N4O2S. The lowest BCUT2D eigenvalue weighted by atomic mass is 10.0. The van der Waals surface area contributed by atoms with Crippen LogP contribution in [-0.4, -0.2) is 32.0 Å². The standard InChI is InChI=1S/C10H16N4O2S/c1-10(4-5-12-7-10)14-9-3-2-8(6-13-9)17(11,15)16/h2-3,6,12H,4-5,7H2,1H3,(H,13,14)(H2,11,15,16). The molecule has 0 aliphatic carbocycles. The molecule has 1 saturated heterocycles. The fraction of sp³-hybridized carbons (Fsp3) is 0.500. The highest BCUT2D eigenvalue weighted by molar-refractivity contribution is 7.89. The summed E-state index contributed by atoms with van der Waals surface area (Å²) < 4.78 is 22.1. The van der Waals surface area contributed by atoms with Crippen LogP contribution >= 0.6 is 0 Å². The average molecular weight is 256 g/mol. The molecular weight excluding hydrogens is 240 g/mol. The Morgan fingerprint density at radius 2 is 2.29 bits per heavy atom. The number of nitrogens with two attached hydrogens (primary N) is 1. The minimum absolute atomic E-state index is 0.0257. The fourth-order valence-electron chi connectivity index (χ4n) is 1.86. The molecule has 0 bridgehead atoms. The monoisotopic (exact) mass is 256 g/mol. The van der Waals surface area contributed by atoms with Crippen LogP contribution < -0.4 is 15.8 Å². The molecule has 0 spiro atoms. The lowest BCUT2D eigenvalue weighted by molar-refractivity contribution is 0.564. The first kappa shape index (κ1) is 12.3. The third-order valence-electron chi connectivity index (χ3n) is 2.86. The largest absolute Gasteiger partial charge is 0.364 e. The number of nitrogens with one attached hydrogen (secondary N) is 2. The van der Waals surface area contributed by atoms with E-state index in [0.29, 0.717) is 5.82 Å². The highest BCUT2D eigenvalue weighted by Crippen LogP contribution is 2.20. The van der Waals surface area contributed by atoms with Gasteiger partial charge in [0.1, 0.15) is 10.7 Å². The minimum atomic E-state index is -3.66. The Labute approximate surface area is 101 Å². The molecule has 94 valence electrons. The second-order valence-electron chi connectivity index (χ2n) is 4.54. The molecule has 4 N–H and O–H groups in total. The highest BCUT2D eigenvalue weighted by atomic mass is 32.2. The van der Waals surface area contributed by atoms with E-state index in [1.807, 2.05) is 0 Å². The van der Waals surface area contributed by atoms with Gasteiger partial charge in [0.25, 0.3) is 0 Å². The Hall–Kier alpha value is -1.18. The van der Waals surface area contributed by atoms with E-state index in [4.69, 9.17) is 5.14 Å². The summed E-state index contributed by atoms with van der Waals surface area (Å²) in [5.41, 5.74) is -0.0316. The van der Waals surface area contributed by atoms with Gasteiger partial charge in [0.05, 0.1) is 0 Å². The van der Waals surface area contributed by atoms with Crippen molar-refractivity contribution in [3.05, 3.63) is 18.3 Å². The molecule has 1 aliphatic heterocycles. The van der Waals surface area contributed by atoms with Crippen molar-refractivity contribution in [2.24, 2.45) is 5.14 Å². The van der Waals surface area contributed by atoms with E-state index in [1.165, 1.54) is 12.3 Å². The number of sulfonamides is 1. The van der Waals surface area contributed by atoms with Gasteiger partial charge >= 0.3 is 0 Å². The van der Waals surface area contributed by atoms with Crippen molar-refractivity contribution in [3.8, 4) is 0 Å². The molecule has 7 heteroatoms. The predicted octanol–water partition coefficient (Wildman–Crippen LogP) is -0.107. The van der Waals surface area contributed by atoms with Gasteiger partial charge in [0, 0.05) is 18.3 Å². The van der Waals surface area contributed by atoms with Gasteiger partial charge in [-0.1, -0.05) is 0 Å². The zero-order chi connectivity index (χ0) is 12.5. The molecule has 1 aromatic rings. The molecule has 0 aromatic carbocycles. The van der Waals surface area contributed by atoms with Gasteiger partial charge in [-0.15, -0.1) is 0 Å². The van der Waals surface area contributed by atoms with E-state index in [0.717, 1.165) is 19.5 Å². The Morgan fingerprint density at radius 3 is 2.76 bits per heavy atom. The molecule has 2 heterocycles. The average Bonchev–Trinajstić information content (AvgIpc) is 2.64. The fourth-order valence-corrected chi connectivity index (χ4v) is 2.31. The summed E-state index contributed by atoms with van der Waals surface area (Å²) >= 11 is 0. The number of rotatable bonds is 3. The lowest BCUT2D eigenvalue weighted by Crippen LogP contribution is -2.37. The van der Waals surface area contributed by atoms with E-state index in [9.17, 15) is 8.42 Å². The van der Waals surface area contributed by atoms with Crippen molar-refractivity contribution >= 4 is 15.8 Å². The van der Waals surface area contributed by atoms with Crippen LogP contribution in [0.5, 0.6) is 0 Å². The molecule has 0 radical (unpaired) electrons. The van der Waals surface area contributed by atoms with E-state index in [-0.39, 0.29) is 10.4 Å². The second kappa shape index (κ2) is 4.25. The maximum atomic E-state index is 11.1. The van der Waals surface area contributed by atoms with Crippen LogP contribution in [0.2, 0.25) is 0 Å². The zero-order valence-corrected chi connectivity index (χ0v) is 10.4. The summed E-state index contributed by atoms with van der Waals surface area (Å²) in [6.07, 6.45) is 2.27. The first-order chi connectivity index (χ1) is 7.89. The smallest absolute Gasteiger partial charge is 0.239 e. The van der Waals surface area contributed by atoms with Crippen LogP contribution in [0.3, 0.4) is 0 Å². The molecule has 2 rings (SSSR count). The van der Waals surface area contributed by atoms with Crippen molar-refractivity contribution in [1.82, 2.24) is 10.3 Å². The first-order valence-electron chi connectivity index (χ1n) is 5.37. The molecule has 1 aliphatic rings. The number of nitrogens with zero attached hydrogens (tertiary/aromatic N) is 1. The van der Waals surface area contributed by atoms with Gasteiger partial charge in [-0.3, -0.25) is 0 Å². The van der Waals surface area contributed by atoms with Crippen molar-refractivity contribution in [2.75, 3.05) is 18.4 Å². The molecule has 6 nitrogen and oxygen atoms in total. The van der Waals surface area contributed by atoms with E-state index >= 15 is 0 Å². The highest BCUT2D eigenvalue weighted by Gasteiger charge is 2.28. The lowest BCUT2D eigenvalue weighted by Gasteiger charge is -2.25. The van der Waals surface area contributed by atoms with Gasteiger partial charge in [-0.25, -0.2) is 18.5 Å².